The second kappa shape index (κ2) is 16.0. The number of carboxylic acid groups (broad SMARTS) is 1. The van der Waals surface area contributed by atoms with Gasteiger partial charge < -0.3 is 14.3 Å². The Morgan fingerprint density at radius 1 is 1.06 bits per heavy atom. The van der Waals surface area contributed by atoms with E-state index in [2.05, 4.69) is 4.98 Å². The van der Waals surface area contributed by atoms with Gasteiger partial charge in [-0.15, -0.1) is 0 Å². The second-order valence-electron chi connectivity index (χ2n) is 13.8. The number of rotatable bonds is 16. The van der Waals surface area contributed by atoms with E-state index in [1.165, 1.54) is 19.2 Å². The van der Waals surface area contributed by atoms with Crippen LogP contribution in [0.25, 0.3) is 5.69 Å². The maximum Gasteiger partial charge on any atom is 0.322 e. The molecule has 0 radical (unpaired) electrons. The smallest absolute Gasteiger partial charge is 0.322 e. The van der Waals surface area contributed by atoms with E-state index in [1.54, 1.807) is 35.0 Å². The number of carbonyl (C=O) groups is 1. The molecule has 0 saturated carbocycles. The number of methoxy groups -OCH3 is 1. The molecule has 1 N–H and O–H groups in total. The highest BCUT2D eigenvalue weighted by Gasteiger charge is 2.34. The van der Waals surface area contributed by atoms with E-state index < -0.39 is 55.4 Å². The minimum Gasteiger partial charge on any atom is -0.495 e. The predicted octanol–water partition coefficient (Wildman–Crippen LogP) is 7.52. The van der Waals surface area contributed by atoms with Crippen molar-refractivity contribution in [2.45, 2.75) is 60.4 Å². The first-order valence-electron chi connectivity index (χ1n) is 16.1. The number of nitrogens with zero attached hydrogens (tertiary/aromatic N) is 4. The summed E-state index contributed by atoms with van der Waals surface area (Å²) >= 11 is 7.28. The first kappa shape index (κ1) is 40.2. The molecule has 0 saturated heterocycles. The SMILES string of the molecule is COc1cc(C(C)(C)c2cnc(SCc3c(F)cc(S(=O)(=O)N(C)C(CCCC[N+](C)(C)C)C(=O)O)cc3F)n2-c2ccc(F)cc2)ccc1Cl. The van der Waals surface area contributed by atoms with Crippen molar-refractivity contribution in [3.05, 3.63) is 100 Å². The molecule has 1 aromatic heterocycles. The van der Waals surface area contributed by atoms with Crippen LogP contribution < -0.4 is 4.74 Å². The number of quaternary nitrogens is 1. The van der Waals surface area contributed by atoms with Crippen molar-refractivity contribution in [1.82, 2.24) is 13.9 Å². The van der Waals surface area contributed by atoms with Gasteiger partial charge in [-0.25, -0.2) is 26.6 Å². The number of likely N-dealkylation sites (N-methyl/N-ethyl adjacent to an activating group) is 1. The van der Waals surface area contributed by atoms with Crippen LogP contribution in [0.2, 0.25) is 5.02 Å². The Morgan fingerprint density at radius 3 is 2.25 bits per heavy atom. The van der Waals surface area contributed by atoms with Crippen LogP contribution in [-0.4, -0.2) is 85.7 Å². The Kier molecular flexibility index (Phi) is 12.6. The van der Waals surface area contributed by atoms with E-state index >= 15 is 8.78 Å². The highest BCUT2D eigenvalue weighted by molar-refractivity contribution is 7.98. The van der Waals surface area contributed by atoms with E-state index in [9.17, 15) is 22.7 Å². The molecule has 0 bridgehead atoms. The Bertz CT molecular complexity index is 1960. The van der Waals surface area contributed by atoms with E-state index in [1.807, 2.05) is 41.1 Å². The number of unbranched alkanes of at least 4 members (excludes halogenated alkanes) is 1. The van der Waals surface area contributed by atoms with Gasteiger partial charge in [0.1, 0.15) is 29.2 Å². The number of aliphatic carboxylic acids is 1. The molecule has 276 valence electrons. The van der Waals surface area contributed by atoms with Gasteiger partial charge in [0.15, 0.2) is 5.16 Å². The number of hydrogen-bond acceptors (Lipinski definition) is 6. The Morgan fingerprint density at radius 2 is 1.69 bits per heavy atom. The average molecular weight is 768 g/mol. The molecular formula is C36H43ClF3N4O5S2+. The zero-order valence-electron chi connectivity index (χ0n) is 29.6. The number of ether oxygens (including phenoxy) is 1. The molecule has 4 rings (SSSR count). The number of benzene rings is 3. The maximum atomic E-state index is 15.6. The summed E-state index contributed by atoms with van der Waals surface area (Å²) in [5, 5.41) is 10.6. The van der Waals surface area contributed by atoms with Gasteiger partial charge in [-0.05, 0) is 73.4 Å². The third-order valence-electron chi connectivity index (χ3n) is 8.75. The molecule has 15 heteroatoms. The lowest BCUT2D eigenvalue weighted by Gasteiger charge is -2.28. The van der Waals surface area contributed by atoms with Gasteiger partial charge in [-0.2, -0.15) is 4.31 Å². The van der Waals surface area contributed by atoms with E-state index in [0.717, 1.165) is 30.9 Å². The molecule has 1 unspecified atom stereocenters. The van der Waals surface area contributed by atoms with Gasteiger partial charge in [-0.3, -0.25) is 9.36 Å². The zero-order valence-corrected chi connectivity index (χ0v) is 32.0. The third-order valence-corrected chi connectivity index (χ3v) is 11.9. The van der Waals surface area contributed by atoms with E-state index in [4.69, 9.17) is 16.3 Å². The van der Waals surface area contributed by atoms with Crippen molar-refractivity contribution >= 4 is 39.4 Å². The number of halogens is 4. The van der Waals surface area contributed by atoms with Crippen LogP contribution in [0.5, 0.6) is 5.75 Å². The van der Waals surface area contributed by atoms with Crippen molar-refractivity contribution in [3.63, 3.8) is 0 Å². The number of sulfonamides is 1. The van der Waals surface area contributed by atoms with E-state index in [-0.39, 0.29) is 12.2 Å². The van der Waals surface area contributed by atoms with Crippen molar-refractivity contribution in [2.75, 3.05) is 41.8 Å². The lowest BCUT2D eigenvalue weighted by atomic mass is 9.81. The van der Waals surface area contributed by atoms with Crippen molar-refractivity contribution < 1.29 is 40.7 Å². The fourth-order valence-electron chi connectivity index (χ4n) is 5.64. The summed E-state index contributed by atoms with van der Waals surface area (Å²) in [7, 11) is 4.02. The minimum absolute atomic E-state index is 0.0375. The van der Waals surface area contributed by atoms with Gasteiger partial charge >= 0.3 is 5.97 Å². The molecule has 0 amide bonds. The van der Waals surface area contributed by atoms with Crippen molar-refractivity contribution in [2.24, 2.45) is 0 Å². The summed E-state index contributed by atoms with van der Waals surface area (Å²) in [5.74, 6) is -3.83. The first-order chi connectivity index (χ1) is 23.8. The van der Waals surface area contributed by atoms with Gasteiger partial charge in [0, 0.05) is 29.5 Å². The monoisotopic (exact) mass is 767 g/mol. The maximum absolute atomic E-state index is 15.6. The molecule has 4 aromatic rings. The molecule has 1 heterocycles. The van der Waals surface area contributed by atoms with Crippen molar-refractivity contribution in [1.29, 1.82) is 0 Å². The molecule has 0 aliphatic rings. The van der Waals surface area contributed by atoms with Gasteiger partial charge in [0.05, 0.1) is 56.6 Å². The summed E-state index contributed by atoms with van der Waals surface area (Å²) in [5.41, 5.74) is 0.953. The van der Waals surface area contributed by atoms with Crippen molar-refractivity contribution in [3.8, 4) is 11.4 Å². The average Bonchev–Trinajstić information content (AvgIpc) is 3.48. The van der Waals surface area contributed by atoms with Crippen LogP contribution in [0.15, 0.2) is 70.8 Å². The zero-order chi connectivity index (χ0) is 37.9. The van der Waals surface area contributed by atoms with E-state index in [0.29, 0.717) is 61.1 Å². The van der Waals surface area contributed by atoms with Gasteiger partial charge in [0.25, 0.3) is 0 Å². The van der Waals surface area contributed by atoms with Crippen LogP contribution in [0.3, 0.4) is 0 Å². The molecule has 0 aliphatic carbocycles. The Hall–Kier alpha value is -3.56. The second-order valence-corrected chi connectivity index (χ2v) is 17.1. The fraction of sp³-hybridized carbons (Fsp3) is 0.389. The van der Waals surface area contributed by atoms with Crippen LogP contribution in [0.4, 0.5) is 13.2 Å². The topological polar surface area (TPSA) is 102 Å². The summed E-state index contributed by atoms with van der Waals surface area (Å²) in [6.45, 7) is 4.67. The van der Waals surface area contributed by atoms with Crippen LogP contribution in [0.1, 0.15) is 49.9 Å². The molecule has 0 aliphatic heterocycles. The standard InChI is InChI=1S/C36H42ClF3N4O5S2/c1-36(2,23-11-16-28(37)32(18-23)49-7)33-21-41-35(43(33)25-14-12-24(38)13-15-25)50-22-27-29(39)19-26(20-30(27)40)51(47,48)42(3)31(34(45)46)10-8-9-17-44(4,5)6/h11-16,18-21,31H,8-10,17,22H2,1-7H3/p+1. The molecule has 3 aromatic carbocycles. The number of carboxylic acids is 1. The molecule has 9 nitrogen and oxygen atoms in total. The summed E-state index contributed by atoms with van der Waals surface area (Å²) in [4.78, 5) is 15.9. The van der Waals surface area contributed by atoms with Crippen LogP contribution in [-0.2, 0) is 26.0 Å². The Balaban J connectivity index is 1.64. The highest BCUT2D eigenvalue weighted by atomic mass is 35.5. The Labute approximate surface area is 306 Å². The molecule has 0 fully saturated rings. The first-order valence-corrected chi connectivity index (χ1v) is 18.9. The number of aromatic nitrogens is 2. The van der Waals surface area contributed by atoms with Gasteiger partial charge in [-0.1, -0.05) is 43.3 Å². The normalized spacial score (nSPS) is 13.1. The highest BCUT2D eigenvalue weighted by Crippen LogP contribution is 2.39. The number of thioether (sulfide) groups is 1. The lowest BCUT2D eigenvalue weighted by molar-refractivity contribution is -0.870. The third kappa shape index (κ3) is 9.28. The lowest BCUT2D eigenvalue weighted by Crippen LogP contribution is -2.42. The predicted molar refractivity (Wildman–Crippen MR) is 193 cm³/mol. The summed E-state index contributed by atoms with van der Waals surface area (Å²) in [6, 6.07) is 11.1. The molecule has 51 heavy (non-hydrogen) atoms. The number of hydrogen-bond donors (Lipinski definition) is 1. The fourth-order valence-corrected chi connectivity index (χ4v) is 8.21. The largest absolute Gasteiger partial charge is 0.495 e. The summed E-state index contributed by atoms with van der Waals surface area (Å²) in [6.07, 6.45) is 2.79. The van der Waals surface area contributed by atoms with Gasteiger partial charge in [0.2, 0.25) is 10.0 Å². The minimum atomic E-state index is -4.57. The molecule has 1 atom stereocenters. The number of imidazole rings is 1. The summed E-state index contributed by atoms with van der Waals surface area (Å²) < 4.78 is 80.5. The molecular weight excluding hydrogens is 725 g/mol. The quantitative estimate of drug-likeness (QED) is 0.0716. The van der Waals surface area contributed by atoms with Crippen LogP contribution in [0, 0.1) is 17.5 Å². The molecule has 0 spiro atoms. The van der Waals surface area contributed by atoms with Crippen LogP contribution >= 0.6 is 23.4 Å².